The Balaban J connectivity index is 0.00000196. The molecule has 2 aliphatic rings. The maximum absolute atomic E-state index is 12.4. The van der Waals surface area contributed by atoms with E-state index in [0.717, 1.165) is 0 Å². The van der Waals surface area contributed by atoms with Crippen molar-refractivity contribution in [1.29, 1.82) is 0 Å². The van der Waals surface area contributed by atoms with Crippen LogP contribution in [-0.4, -0.2) is 60.0 Å². The summed E-state index contributed by atoms with van der Waals surface area (Å²) < 4.78 is 5.32. The molecule has 0 spiro atoms. The summed E-state index contributed by atoms with van der Waals surface area (Å²) in [5.74, 6) is -0.256. The van der Waals surface area contributed by atoms with Crippen molar-refractivity contribution in [3.05, 3.63) is 39.3 Å². The molecule has 134 valence electrons. The number of fused-ring (bicyclic) bond motifs is 1. The Bertz CT molecular complexity index is 869. The van der Waals surface area contributed by atoms with Crippen molar-refractivity contribution < 1.29 is 19.1 Å². The average Bonchev–Trinajstić information content (AvgIpc) is 3.02. The van der Waals surface area contributed by atoms with Crippen molar-refractivity contribution in [2.75, 3.05) is 18.0 Å². The number of carbonyl (C=O) groups is 2. The molecule has 0 bridgehead atoms. The molecular formula is C16H16Cl2LiN3O4. The summed E-state index contributed by atoms with van der Waals surface area (Å²) in [5.41, 5.74) is 0.939. The molecule has 7 nitrogen and oxygen atoms in total. The molecule has 3 N–H and O–H groups in total. The summed E-state index contributed by atoms with van der Waals surface area (Å²) in [4.78, 5) is 28.1. The van der Waals surface area contributed by atoms with Crippen molar-refractivity contribution in [2.24, 2.45) is 11.8 Å². The summed E-state index contributed by atoms with van der Waals surface area (Å²) in [6.07, 6.45) is 0. The van der Waals surface area contributed by atoms with Gasteiger partial charge in [0.1, 0.15) is 5.69 Å². The quantitative estimate of drug-likeness (QED) is 0.693. The first-order chi connectivity index (χ1) is 11.9. The molecule has 1 saturated heterocycles. The van der Waals surface area contributed by atoms with Crippen LogP contribution in [-0.2, 0) is 0 Å². The number of nitrogens with one attached hydrogen (secondary N) is 2. The van der Waals surface area contributed by atoms with E-state index in [4.69, 9.17) is 32.7 Å². The van der Waals surface area contributed by atoms with E-state index in [1.165, 1.54) is 6.07 Å². The number of furan rings is 1. The van der Waals surface area contributed by atoms with Crippen molar-refractivity contribution >= 4 is 59.8 Å². The Morgan fingerprint density at radius 1 is 1.27 bits per heavy atom. The average molecular weight is 392 g/mol. The number of anilines is 1. The van der Waals surface area contributed by atoms with Gasteiger partial charge in [-0.15, -0.1) is 0 Å². The van der Waals surface area contributed by atoms with Crippen LogP contribution in [0.1, 0.15) is 26.7 Å². The third kappa shape index (κ3) is 3.14. The van der Waals surface area contributed by atoms with Gasteiger partial charge in [0.2, 0.25) is 5.76 Å². The van der Waals surface area contributed by atoms with Crippen LogP contribution in [0.4, 0.5) is 5.88 Å². The maximum atomic E-state index is 12.4. The zero-order chi connectivity index (χ0) is 17.9. The van der Waals surface area contributed by atoms with E-state index in [1.54, 1.807) is 13.0 Å². The first-order valence-corrected chi connectivity index (χ1v) is 8.55. The molecule has 3 atom stereocenters. The van der Waals surface area contributed by atoms with Crippen LogP contribution in [0.15, 0.2) is 16.5 Å². The monoisotopic (exact) mass is 391 g/mol. The van der Waals surface area contributed by atoms with Gasteiger partial charge in [-0.05, 0) is 13.0 Å². The first kappa shape index (κ1) is 19.2. The molecule has 0 unspecified atom stereocenters. The Kier molecular flexibility index (Phi) is 5.10. The SMILES string of the molecule is Cc1[nH]c(C(=O)N[C@H]2[C@@H]3CN(c4ccc(C(=O)O)o4)C[C@@H]32)c(Cl)c1Cl.[LiH]. The van der Waals surface area contributed by atoms with Crippen molar-refractivity contribution in [2.45, 2.75) is 13.0 Å². The molecule has 1 aliphatic heterocycles. The van der Waals surface area contributed by atoms with E-state index in [9.17, 15) is 9.59 Å². The minimum absolute atomic E-state index is 0. The summed E-state index contributed by atoms with van der Waals surface area (Å²) in [6, 6.07) is 3.18. The Labute approximate surface area is 171 Å². The minimum atomic E-state index is -1.09. The number of carbonyl (C=O) groups excluding carboxylic acids is 1. The van der Waals surface area contributed by atoms with Crippen LogP contribution in [0, 0.1) is 18.8 Å². The van der Waals surface area contributed by atoms with Crippen molar-refractivity contribution in [3.63, 3.8) is 0 Å². The Morgan fingerprint density at radius 3 is 2.42 bits per heavy atom. The number of carboxylic acids is 1. The zero-order valence-corrected chi connectivity index (χ0v) is 14.7. The number of halogens is 2. The number of carboxylic acid groups (broad SMARTS) is 1. The third-order valence-corrected chi connectivity index (χ3v) is 5.83. The van der Waals surface area contributed by atoms with Gasteiger partial charge in [0, 0.05) is 42.7 Å². The van der Waals surface area contributed by atoms with E-state index >= 15 is 0 Å². The van der Waals surface area contributed by atoms with E-state index < -0.39 is 5.97 Å². The van der Waals surface area contributed by atoms with Gasteiger partial charge in [-0.2, -0.15) is 0 Å². The number of aromatic nitrogens is 1. The summed E-state index contributed by atoms with van der Waals surface area (Å²) in [7, 11) is 0. The molecule has 0 aromatic carbocycles. The fourth-order valence-corrected chi connectivity index (χ4v) is 3.90. The Hall–Kier alpha value is -1.52. The Morgan fingerprint density at radius 2 is 1.92 bits per heavy atom. The normalized spacial score (nSPS) is 23.3. The second kappa shape index (κ2) is 6.89. The molecule has 1 saturated carbocycles. The fraction of sp³-hybridized carbons (Fsp3) is 0.375. The number of aryl methyl sites for hydroxylation is 1. The van der Waals surface area contributed by atoms with Crippen LogP contribution in [0.2, 0.25) is 10.0 Å². The number of aromatic carboxylic acids is 1. The van der Waals surface area contributed by atoms with E-state index in [1.807, 2.05) is 4.90 Å². The van der Waals surface area contributed by atoms with Crippen molar-refractivity contribution in [1.82, 2.24) is 10.3 Å². The fourth-order valence-electron chi connectivity index (χ4n) is 3.48. The third-order valence-electron chi connectivity index (χ3n) is 4.89. The van der Waals surface area contributed by atoms with Crippen LogP contribution in [0.3, 0.4) is 0 Å². The predicted octanol–water partition coefficient (Wildman–Crippen LogP) is 2.14. The summed E-state index contributed by atoms with van der Waals surface area (Å²) >= 11 is 12.1. The van der Waals surface area contributed by atoms with Gasteiger partial charge in [0.05, 0.1) is 10.0 Å². The molecule has 1 amide bonds. The standard InChI is InChI=1S/C16H15Cl2N3O4.Li.H/c1-6-11(17)12(18)14(19-6)15(22)20-13-7-4-21(5-8(7)13)10-3-2-9(25-10)16(23)24;;/h2-3,7-8,13,19H,4-5H2,1H3,(H,20,22)(H,23,24);;/t7-,8+,13+;;. The zero-order valence-electron chi connectivity index (χ0n) is 13.2. The molecule has 10 heteroatoms. The molecular weight excluding hydrogens is 376 g/mol. The van der Waals surface area contributed by atoms with Gasteiger partial charge in [0.15, 0.2) is 5.88 Å². The van der Waals surface area contributed by atoms with Gasteiger partial charge in [-0.3, -0.25) is 4.79 Å². The van der Waals surface area contributed by atoms with Gasteiger partial charge in [-0.1, -0.05) is 23.2 Å². The number of nitrogens with zero attached hydrogens (tertiary/aromatic N) is 1. The molecule has 26 heavy (non-hydrogen) atoms. The summed E-state index contributed by atoms with van der Waals surface area (Å²) in [6.45, 7) is 3.17. The first-order valence-electron chi connectivity index (χ1n) is 7.79. The molecule has 3 heterocycles. The van der Waals surface area contributed by atoms with E-state index in [2.05, 4.69) is 10.3 Å². The van der Waals surface area contributed by atoms with E-state index in [-0.39, 0.29) is 47.3 Å². The molecule has 4 rings (SSSR count). The molecule has 1 aliphatic carbocycles. The number of hydrogen-bond donors (Lipinski definition) is 3. The second-order valence-corrected chi connectivity index (χ2v) is 7.18. The molecule has 0 radical (unpaired) electrons. The van der Waals surface area contributed by atoms with Crippen LogP contribution >= 0.6 is 23.2 Å². The van der Waals surface area contributed by atoms with Gasteiger partial charge >= 0.3 is 24.8 Å². The number of hydrogen-bond acceptors (Lipinski definition) is 4. The van der Waals surface area contributed by atoms with E-state index in [0.29, 0.717) is 41.5 Å². The molecule has 2 fully saturated rings. The topological polar surface area (TPSA) is 98.6 Å². The van der Waals surface area contributed by atoms with Crippen LogP contribution in [0.25, 0.3) is 0 Å². The number of aromatic amines is 1. The molecule has 2 aromatic heterocycles. The van der Waals surface area contributed by atoms with Crippen LogP contribution in [0.5, 0.6) is 0 Å². The molecule has 2 aromatic rings. The predicted molar refractivity (Wildman–Crippen MR) is 98.8 cm³/mol. The van der Waals surface area contributed by atoms with Gasteiger partial charge in [-0.25, -0.2) is 4.79 Å². The summed E-state index contributed by atoms with van der Waals surface area (Å²) in [5, 5.41) is 12.5. The number of H-pyrrole nitrogens is 1. The van der Waals surface area contributed by atoms with Gasteiger partial charge in [0.25, 0.3) is 5.91 Å². The second-order valence-electron chi connectivity index (χ2n) is 6.43. The number of amides is 1. The van der Waals surface area contributed by atoms with Crippen LogP contribution < -0.4 is 10.2 Å². The van der Waals surface area contributed by atoms with Gasteiger partial charge < -0.3 is 24.7 Å². The number of rotatable bonds is 4. The number of piperidine rings is 1. The van der Waals surface area contributed by atoms with Crippen molar-refractivity contribution in [3.8, 4) is 0 Å².